The normalized spacial score (nSPS) is 21.1. The van der Waals surface area contributed by atoms with Crippen LogP contribution in [0.25, 0.3) is 0 Å². The largest absolute Gasteiger partial charge is 0.316 e. The highest BCUT2D eigenvalue weighted by molar-refractivity contribution is 4.85. The third-order valence-electron chi connectivity index (χ3n) is 5.04. The molecule has 1 saturated heterocycles. The monoisotopic (exact) mass is 282 g/mol. The van der Waals surface area contributed by atoms with E-state index < -0.39 is 0 Å². The summed E-state index contributed by atoms with van der Waals surface area (Å²) in [5.41, 5.74) is 0.850. The van der Waals surface area contributed by atoms with Gasteiger partial charge in [0.15, 0.2) is 0 Å². The molecule has 0 aliphatic carbocycles. The van der Waals surface area contributed by atoms with Crippen molar-refractivity contribution in [3.63, 3.8) is 0 Å². The minimum Gasteiger partial charge on any atom is -0.316 e. The van der Waals surface area contributed by atoms with Gasteiger partial charge in [-0.25, -0.2) is 0 Å². The highest BCUT2D eigenvalue weighted by atomic mass is 14.9. The van der Waals surface area contributed by atoms with E-state index in [1.165, 1.54) is 51.6 Å². The molecule has 120 valence electrons. The zero-order valence-corrected chi connectivity index (χ0v) is 14.6. The van der Waals surface area contributed by atoms with Crippen molar-refractivity contribution < 1.29 is 0 Å². The Morgan fingerprint density at radius 3 is 2.45 bits per heavy atom. The van der Waals surface area contributed by atoms with Gasteiger partial charge in [-0.1, -0.05) is 53.9 Å². The Labute approximate surface area is 127 Å². The van der Waals surface area contributed by atoms with Gasteiger partial charge in [-0.05, 0) is 49.1 Å². The van der Waals surface area contributed by atoms with Gasteiger partial charge in [-0.15, -0.1) is 0 Å². The quantitative estimate of drug-likeness (QED) is 0.619. The number of nitrogens with one attached hydrogen (secondary N) is 2. The summed E-state index contributed by atoms with van der Waals surface area (Å²) in [5, 5.41) is 7.32. The predicted molar refractivity (Wildman–Crippen MR) is 90.2 cm³/mol. The third-order valence-corrected chi connectivity index (χ3v) is 5.04. The summed E-state index contributed by atoms with van der Waals surface area (Å²) in [6.45, 7) is 16.7. The molecule has 0 spiro atoms. The minimum absolute atomic E-state index is 0.410. The van der Waals surface area contributed by atoms with Gasteiger partial charge in [0.05, 0.1) is 0 Å². The Balaban J connectivity index is 2.26. The van der Waals surface area contributed by atoms with E-state index in [1.54, 1.807) is 0 Å². The molecule has 0 amide bonds. The molecule has 1 heterocycles. The maximum absolute atomic E-state index is 3.76. The number of hydrogen-bond donors (Lipinski definition) is 2. The van der Waals surface area contributed by atoms with E-state index in [0.29, 0.717) is 10.8 Å². The highest BCUT2D eigenvalue weighted by Crippen LogP contribution is 2.31. The lowest BCUT2D eigenvalue weighted by atomic mass is 9.74. The van der Waals surface area contributed by atoms with Gasteiger partial charge in [0.25, 0.3) is 0 Å². The van der Waals surface area contributed by atoms with Crippen molar-refractivity contribution >= 4 is 0 Å². The first-order valence-electron chi connectivity index (χ1n) is 8.79. The van der Waals surface area contributed by atoms with Crippen LogP contribution in [0.4, 0.5) is 0 Å². The molecule has 0 bridgehead atoms. The number of piperidine rings is 1. The summed E-state index contributed by atoms with van der Waals surface area (Å²) in [4.78, 5) is 0. The third kappa shape index (κ3) is 6.58. The summed E-state index contributed by atoms with van der Waals surface area (Å²) >= 11 is 0. The molecule has 0 radical (unpaired) electrons. The number of rotatable bonds is 9. The van der Waals surface area contributed by atoms with Gasteiger partial charge in [0, 0.05) is 13.1 Å². The van der Waals surface area contributed by atoms with Gasteiger partial charge < -0.3 is 10.6 Å². The zero-order valence-electron chi connectivity index (χ0n) is 14.6. The van der Waals surface area contributed by atoms with Crippen LogP contribution in [0, 0.1) is 16.7 Å². The molecule has 2 nitrogen and oxygen atoms in total. The second kappa shape index (κ2) is 8.38. The Kier molecular flexibility index (Phi) is 7.53. The standard InChI is InChI=1S/C18H38N2/c1-6-7-8-11-17(2,3)14-20-15-18(4,5)16-10-9-12-19-13-16/h16,19-20H,6-15H2,1-5H3. The smallest absolute Gasteiger partial charge is 0.000588 e. The van der Waals surface area contributed by atoms with Gasteiger partial charge in [-0.3, -0.25) is 0 Å². The van der Waals surface area contributed by atoms with Crippen LogP contribution < -0.4 is 10.6 Å². The topological polar surface area (TPSA) is 24.1 Å². The fourth-order valence-corrected chi connectivity index (χ4v) is 3.33. The number of hydrogen-bond acceptors (Lipinski definition) is 2. The molecular formula is C18H38N2. The molecule has 1 unspecified atom stereocenters. The van der Waals surface area contributed by atoms with Crippen LogP contribution in [0.15, 0.2) is 0 Å². The van der Waals surface area contributed by atoms with Crippen molar-refractivity contribution in [1.29, 1.82) is 0 Å². The molecule has 1 rings (SSSR count). The lowest BCUT2D eigenvalue weighted by Crippen LogP contribution is -2.45. The summed E-state index contributed by atoms with van der Waals surface area (Å²) in [6, 6.07) is 0. The first kappa shape index (κ1) is 18.0. The molecule has 1 atom stereocenters. The highest BCUT2D eigenvalue weighted by Gasteiger charge is 2.30. The van der Waals surface area contributed by atoms with E-state index in [2.05, 4.69) is 45.3 Å². The summed E-state index contributed by atoms with van der Waals surface area (Å²) in [6.07, 6.45) is 8.16. The second-order valence-corrected chi connectivity index (χ2v) is 8.26. The maximum atomic E-state index is 3.76. The number of unbranched alkanes of at least 4 members (excludes halogenated alkanes) is 2. The van der Waals surface area contributed by atoms with Crippen LogP contribution in [0.3, 0.4) is 0 Å². The molecule has 2 heteroatoms. The molecule has 0 aromatic heterocycles. The first-order chi connectivity index (χ1) is 9.37. The molecule has 1 aliphatic heterocycles. The molecular weight excluding hydrogens is 244 g/mol. The fourth-order valence-electron chi connectivity index (χ4n) is 3.33. The molecule has 2 N–H and O–H groups in total. The van der Waals surface area contributed by atoms with Gasteiger partial charge in [-0.2, -0.15) is 0 Å². The van der Waals surface area contributed by atoms with Crippen LogP contribution in [-0.4, -0.2) is 26.2 Å². The van der Waals surface area contributed by atoms with Crippen molar-refractivity contribution in [3.05, 3.63) is 0 Å². The maximum Gasteiger partial charge on any atom is 0.000588 e. The molecule has 1 aliphatic rings. The lowest BCUT2D eigenvalue weighted by molar-refractivity contribution is 0.158. The van der Waals surface area contributed by atoms with Crippen LogP contribution in [0.5, 0.6) is 0 Å². The Morgan fingerprint density at radius 1 is 1.10 bits per heavy atom. The Morgan fingerprint density at radius 2 is 1.85 bits per heavy atom. The minimum atomic E-state index is 0.410. The molecule has 1 fully saturated rings. The molecule has 0 aromatic carbocycles. The van der Waals surface area contributed by atoms with Crippen LogP contribution in [0.2, 0.25) is 0 Å². The van der Waals surface area contributed by atoms with Crippen molar-refractivity contribution in [2.24, 2.45) is 16.7 Å². The molecule has 20 heavy (non-hydrogen) atoms. The van der Waals surface area contributed by atoms with Crippen molar-refractivity contribution in [3.8, 4) is 0 Å². The first-order valence-corrected chi connectivity index (χ1v) is 8.79. The van der Waals surface area contributed by atoms with Crippen LogP contribution >= 0.6 is 0 Å². The summed E-state index contributed by atoms with van der Waals surface area (Å²) in [7, 11) is 0. The van der Waals surface area contributed by atoms with Gasteiger partial charge in [0.1, 0.15) is 0 Å². The SMILES string of the molecule is CCCCCC(C)(C)CNCC(C)(C)C1CCCNC1. The fraction of sp³-hybridized carbons (Fsp3) is 1.00. The van der Waals surface area contributed by atoms with E-state index in [4.69, 9.17) is 0 Å². The van der Waals surface area contributed by atoms with Crippen molar-refractivity contribution in [1.82, 2.24) is 10.6 Å². The van der Waals surface area contributed by atoms with Gasteiger partial charge in [0.2, 0.25) is 0 Å². The van der Waals surface area contributed by atoms with Crippen LogP contribution in [0.1, 0.15) is 73.1 Å². The molecule has 0 aromatic rings. The van der Waals surface area contributed by atoms with E-state index in [-0.39, 0.29) is 0 Å². The average molecular weight is 283 g/mol. The van der Waals surface area contributed by atoms with Crippen LogP contribution in [-0.2, 0) is 0 Å². The van der Waals surface area contributed by atoms with E-state index >= 15 is 0 Å². The van der Waals surface area contributed by atoms with E-state index in [0.717, 1.165) is 19.0 Å². The average Bonchev–Trinajstić information content (AvgIpc) is 2.39. The Hall–Kier alpha value is -0.0800. The molecule has 0 saturated carbocycles. The second-order valence-electron chi connectivity index (χ2n) is 8.26. The van der Waals surface area contributed by atoms with Crippen molar-refractivity contribution in [2.75, 3.05) is 26.2 Å². The van der Waals surface area contributed by atoms with E-state index in [9.17, 15) is 0 Å². The Bertz CT molecular complexity index is 252. The zero-order chi connectivity index (χ0) is 15.1. The van der Waals surface area contributed by atoms with Gasteiger partial charge >= 0.3 is 0 Å². The van der Waals surface area contributed by atoms with Crippen molar-refractivity contribution in [2.45, 2.75) is 73.1 Å². The summed E-state index contributed by atoms with van der Waals surface area (Å²) < 4.78 is 0. The lowest BCUT2D eigenvalue weighted by Gasteiger charge is -2.38. The van der Waals surface area contributed by atoms with E-state index in [1.807, 2.05) is 0 Å². The predicted octanol–water partition coefficient (Wildman–Crippen LogP) is 4.21. The summed E-state index contributed by atoms with van der Waals surface area (Å²) in [5.74, 6) is 0.826.